The molecular formula is C61H74FN5O17. The molecule has 6 N–H and O–H groups in total. The van der Waals surface area contributed by atoms with Gasteiger partial charge in [0, 0.05) is 107 Å². The number of fused-ring (bicyclic) bond motifs is 4. The van der Waals surface area contributed by atoms with Crippen LogP contribution in [-0.4, -0.2) is 155 Å². The van der Waals surface area contributed by atoms with Crippen molar-refractivity contribution >= 4 is 57.7 Å². The summed E-state index contributed by atoms with van der Waals surface area (Å²) in [4.78, 5) is 113. The summed E-state index contributed by atoms with van der Waals surface area (Å²) in [6, 6.07) is 0.377. The molecule has 1 saturated carbocycles. The van der Waals surface area contributed by atoms with Crippen molar-refractivity contribution in [1.29, 1.82) is 0 Å². The number of hydrogen-bond acceptors (Lipinski definition) is 18. The van der Waals surface area contributed by atoms with Crippen LogP contribution in [0.4, 0.5) is 10.1 Å². The van der Waals surface area contributed by atoms with Gasteiger partial charge in [0.25, 0.3) is 11.7 Å². The number of benzene rings is 2. The monoisotopic (exact) mass is 1170 g/mol. The highest BCUT2D eigenvalue weighted by atomic mass is 19.1. The number of amides is 2. The maximum absolute atomic E-state index is 16.3. The zero-order valence-corrected chi connectivity index (χ0v) is 49.0. The summed E-state index contributed by atoms with van der Waals surface area (Å²) < 4.78 is 46.2. The van der Waals surface area contributed by atoms with Gasteiger partial charge in [-0.25, -0.2) is 9.18 Å². The van der Waals surface area contributed by atoms with Gasteiger partial charge in [-0.05, 0) is 45.6 Å². The number of phenolic OH excluding ortho intramolecular Hbond substituents is 1. The summed E-state index contributed by atoms with van der Waals surface area (Å²) >= 11 is 0. The minimum Gasteiger partial charge on any atom is -0.507 e. The molecular weight excluding hydrogens is 1090 g/mol. The molecule has 23 heteroatoms. The van der Waals surface area contributed by atoms with E-state index in [1.807, 2.05) is 0 Å². The minimum absolute atomic E-state index is 0.0302. The van der Waals surface area contributed by atoms with Crippen LogP contribution >= 0.6 is 0 Å². The number of phenols is 1. The Morgan fingerprint density at radius 1 is 0.917 bits per heavy atom. The lowest BCUT2D eigenvalue weighted by molar-refractivity contribution is -0.160. The van der Waals surface area contributed by atoms with Crippen LogP contribution in [0.15, 0.2) is 64.9 Å². The minimum atomic E-state index is -1.92. The molecule has 1 aromatic heterocycles. The van der Waals surface area contributed by atoms with Crippen molar-refractivity contribution < 1.29 is 82.1 Å². The first-order valence-electron chi connectivity index (χ1n) is 28.0. The van der Waals surface area contributed by atoms with Crippen LogP contribution in [0.1, 0.15) is 127 Å². The Kier molecular flexibility index (Phi) is 18.2. The molecule has 2 aliphatic carbocycles. The number of ether oxygens (including phenoxy) is 5. The number of pyridine rings is 1. The summed E-state index contributed by atoms with van der Waals surface area (Å²) in [5.74, 6) is -12.7. The lowest BCUT2D eigenvalue weighted by atomic mass is 9.78. The summed E-state index contributed by atoms with van der Waals surface area (Å²) in [5, 5.41) is 49.8. The number of likely N-dealkylation sites (tertiary alicyclic amines) is 1. The Hall–Kier alpha value is -7.73. The first kappa shape index (κ1) is 62.3. The van der Waals surface area contributed by atoms with Crippen LogP contribution in [-0.2, 0) is 28.6 Å². The van der Waals surface area contributed by atoms with Crippen molar-refractivity contribution in [2.24, 2.45) is 29.6 Å². The third-order valence-electron chi connectivity index (χ3n) is 17.2. The lowest BCUT2D eigenvalue weighted by Crippen LogP contribution is -2.58. The number of aromatic carboxylic acids is 1. The van der Waals surface area contributed by atoms with Crippen molar-refractivity contribution in [2.45, 2.75) is 123 Å². The van der Waals surface area contributed by atoms with E-state index in [-0.39, 0.29) is 76.2 Å². The Morgan fingerprint density at radius 3 is 2.19 bits per heavy atom. The van der Waals surface area contributed by atoms with E-state index in [1.165, 1.54) is 72.3 Å². The zero-order chi connectivity index (χ0) is 61.7. The number of methoxy groups -OCH3 is 3. The molecule has 0 bridgehead atoms. The number of hydrogen-bond donors (Lipinski definition) is 6. The number of carboxylic acid groups (broad SMARTS) is 1. The van der Waals surface area contributed by atoms with Crippen molar-refractivity contribution in [2.75, 3.05) is 52.4 Å². The SMILES string of the molecule is C=C[C@H](OC)[C@@H](C)[C@@H](OC(C)=O)[C@H](C)[C@H](O)[C@H](C)[C@@H](O)[C@@H](C)/C=C/C=C(/C)C(=O)NC1=C(N2CC(C(=O)NC3CCCN(c4c(F)cc5c(=O)c(C(=O)O)cn(C6CC6)c5c4OC)C3)C2)C(=O)c2c(c(O)c(C)c3c2C(=O)[C@@](C)(OC)O3)C1=O. The van der Waals surface area contributed by atoms with Gasteiger partial charge in [0.15, 0.2) is 11.6 Å². The second-order valence-corrected chi connectivity index (χ2v) is 22.9. The number of carboxylic acids is 1. The number of nitrogens with zero attached hydrogens (tertiary/aromatic N) is 3. The molecule has 0 spiro atoms. The molecule has 10 atom stereocenters. The van der Waals surface area contributed by atoms with E-state index >= 15 is 9.18 Å². The summed E-state index contributed by atoms with van der Waals surface area (Å²) in [7, 11) is 4.05. The second-order valence-electron chi connectivity index (χ2n) is 22.9. The highest BCUT2D eigenvalue weighted by Crippen LogP contribution is 2.50. The van der Waals surface area contributed by atoms with Crippen molar-refractivity contribution in [3.8, 4) is 17.2 Å². The fraction of sp³-hybridized carbons (Fsp3) is 0.508. The fourth-order valence-corrected chi connectivity index (χ4v) is 12.0. The quantitative estimate of drug-likeness (QED) is 0.0315. The number of aromatic nitrogens is 1. The van der Waals surface area contributed by atoms with E-state index in [0.717, 1.165) is 18.9 Å². The van der Waals surface area contributed by atoms with Crippen LogP contribution in [0.25, 0.3) is 10.9 Å². The number of carbonyl (C=O) groups is 7. The summed E-state index contributed by atoms with van der Waals surface area (Å²) in [6.07, 6.45) is 6.24. The fourth-order valence-electron chi connectivity index (χ4n) is 12.0. The molecule has 5 aliphatic rings. The third kappa shape index (κ3) is 11.4. The topological polar surface area (TPSA) is 299 Å². The number of ketones is 3. The van der Waals surface area contributed by atoms with E-state index in [4.69, 9.17) is 23.7 Å². The Morgan fingerprint density at radius 2 is 1.60 bits per heavy atom. The standard InChI is InChI=1S/C61H74FN5O17/c1-13-40(80-10)29(4)54(83-33(8)68)31(6)49(70)30(5)48(69)27(2)16-14-17-28(3)58(76)64-44-47(53(74)41-42(52(44)73)50(71)32(7)55-43(41)57(75)61(9,82-12)84-55)66-23-34(24-66)59(77)63-35-18-15-21-65(25-35)46-39(62)22-37-45(56(46)81-11)67(36-19-20-36)26-38(51(37)72)60(78)79/h13-14,16-17,22,26-27,29-31,34-36,40,48-49,54,69-71H,1,15,18-21,23-25H2,2-12H3,(H,63,77)(H,64,76)(H,78,79)/b16-14+,28-17-/t27-,29+,30+,31+,35?,40-,48-,49+,54+,61-/m0/s1. The molecule has 22 nitrogen and oxygen atoms in total. The largest absolute Gasteiger partial charge is 0.507 e. The van der Waals surface area contributed by atoms with Gasteiger partial charge in [-0.1, -0.05) is 52.0 Å². The van der Waals surface area contributed by atoms with Crippen LogP contribution in [0, 0.1) is 42.3 Å². The van der Waals surface area contributed by atoms with Crippen molar-refractivity contribution in [1.82, 2.24) is 20.1 Å². The summed E-state index contributed by atoms with van der Waals surface area (Å²) in [5.41, 5.74) is -3.24. The van der Waals surface area contributed by atoms with E-state index in [9.17, 15) is 54.0 Å². The number of carbonyl (C=O) groups excluding carboxylic acids is 6. The van der Waals surface area contributed by atoms with Gasteiger partial charge in [0.2, 0.25) is 28.7 Å². The Bertz CT molecular complexity index is 3390. The van der Waals surface area contributed by atoms with Gasteiger partial charge < -0.3 is 69.1 Å². The number of aliphatic hydroxyl groups is 2. The van der Waals surface area contributed by atoms with Crippen LogP contribution in [0.2, 0.25) is 0 Å². The normalized spacial score (nSPS) is 22.0. The van der Waals surface area contributed by atoms with E-state index in [1.54, 1.807) is 49.3 Å². The number of nitrogens with one attached hydrogen (secondary N) is 2. The summed E-state index contributed by atoms with van der Waals surface area (Å²) in [6.45, 7) is 16.3. The van der Waals surface area contributed by atoms with E-state index < -0.39 is 146 Å². The molecule has 3 aromatic rings. The second kappa shape index (κ2) is 24.5. The number of piperidine rings is 1. The van der Waals surface area contributed by atoms with Crippen molar-refractivity contribution in [3.05, 3.63) is 104 Å². The molecule has 452 valence electrons. The Labute approximate surface area is 484 Å². The predicted molar refractivity (Wildman–Crippen MR) is 304 cm³/mol. The number of Topliss-reactive ketones (excluding diaryl/α,β-unsaturated/α-hetero) is 3. The Balaban J connectivity index is 1.02. The first-order valence-corrected chi connectivity index (χ1v) is 28.0. The molecule has 2 saturated heterocycles. The molecule has 2 amide bonds. The van der Waals surface area contributed by atoms with Gasteiger partial charge in [0.05, 0.1) is 58.9 Å². The van der Waals surface area contributed by atoms with Gasteiger partial charge >= 0.3 is 11.9 Å². The number of esters is 1. The predicted octanol–water partition coefficient (Wildman–Crippen LogP) is 5.46. The average Bonchev–Trinajstić information content (AvgIpc) is 1.40. The molecule has 4 heterocycles. The molecule has 3 fully saturated rings. The third-order valence-corrected chi connectivity index (χ3v) is 17.2. The maximum atomic E-state index is 16.3. The number of aromatic hydroxyl groups is 1. The lowest BCUT2D eigenvalue weighted by Gasteiger charge is -2.43. The number of anilines is 1. The van der Waals surface area contributed by atoms with Crippen LogP contribution < -0.4 is 30.4 Å². The highest BCUT2D eigenvalue weighted by Gasteiger charge is 2.53. The van der Waals surface area contributed by atoms with Crippen LogP contribution in [0.3, 0.4) is 0 Å². The smallest absolute Gasteiger partial charge is 0.341 e. The van der Waals surface area contributed by atoms with E-state index in [2.05, 4.69) is 17.2 Å². The van der Waals surface area contributed by atoms with Crippen molar-refractivity contribution in [3.63, 3.8) is 0 Å². The number of rotatable bonds is 22. The molecule has 2 aromatic carbocycles. The number of aliphatic hydroxyl groups excluding tert-OH is 2. The first-order chi connectivity index (χ1) is 39.7. The molecule has 3 aliphatic heterocycles. The van der Waals surface area contributed by atoms with Gasteiger partial charge in [-0.3, -0.25) is 33.6 Å². The molecule has 8 rings (SSSR count). The zero-order valence-electron chi connectivity index (χ0n) is 49.0. The van der Waals surface area contributed by atoms with E-state index in [0.29, 0.717) is 19.4 Å². The number of halogens is 1. The molecule has 84 heavy (non-hydrogen) atoms. The molecule has 1 unspecified atom stereocenters. The van der Waals surface area contributed by atoms with Crippen LogP contribution in [0.5, 0.6) is 17.2 Å². The van der Waals surface area contributed by atoms with Gasteiger partial charge in [0.1, 0.15) is 40.2 Å². The molecule has 0 radical (unpaired) electrons. The average molecular weight is 1170 g/mol. The van der Waals surface area contributed by atoms with Gasteiger partial charge in [-0.15, -0.1) is 6.58 Å². The number of allylic oxidation sites excluding steroid dienone is 4. The maximum Gasteiger partial charge on any atom is 0.341 e. The highest BCUT2D eigenvalue weighted by molar-refractivity contribution is 6.32. The van der Waals surface area contributed by atoms with Gasteiger partial charge in [-0.2, -0.15) is 0 Å².